The van der Waals surface area contributed by atoms with Crippen LogP contribution in [0.25, 0.3) is 11.4 Å². The summed E-state index contributed by atoms with van der Waals surface area (Å²) in [5, 5.41) is 0. The van der Waals surface area contributed by atoms with Gasteiger partial charge in [-0.1, -0.05) is 0 Å². The highest BCUT2D eigenvalue weighted by molar-refractivity contribution is 5.58. The predicted octanol–water partition coefficient (Wildman–Crippen LogP) is 1.98. The third kappa shape index (κ3) is 3.54. The van der Waals surface area contributed by atoms with Gasteiger partial charge >= 0.3 is 0 Å². The monoisotopic (exact) mass is 363 g/mol. The molecule has 27 heavy (non-hydrogen) atoms. The molecule has 0 saturated carbocycles. The van der Waals surface area contributed by atoms with Crippen molar-refractivity contribution in [2.24, 2.45) is 0 Å². The van der Waals surface area contributed by atoms with Gasteiger partial charge in [0.15, 0.2) is 0 Å². The average Bonchev–Trinajstić information content (AvgIpc) is 2.69. The minimum Gasteiger partial charge on any atom is -0.496 e. The van der Waals surface area contributed by atoms with Crippen LogP contribution in [-0.2, 0) is 19.5 Å². The van der Waals surface area contributed by atoms with E-state index in [2.05, 4.69) is 19.9 Å². The first-order chi connectivity index (χ1) is 13.1. The molecule has 2 aromatic heterocycles. The maximum atomic E-state index is 12.7. The second-order valence-corrected chi connectivity index (χ2v) is 6.61. The fraction of sp³-hybridized carbons (Fsp3) is 0.250. The van der Waals surface area contributed by atoms with Gasteiger partial charge in [-0.05, 0) is 30.3 Å². The largest absolute Gasteiger partial charge is 0.496 e. The minimum atomic E-state index is -0.0883. The summed E-state index contributed by atoms with van der Waals surface area (Å²) in [6.07, 6.45) is 4.24. The molecule has 0 atom stereocenters. The lowest BCUT2D eigenvalue weighted by molar-refractivity contribution is 0.238. The second-order valence-electron chi connectivity index (χ2n) is 6.61. The van der Waals surface area contributed by atoms with E-state index in [1.165, 1.54) is 0 Å². The zero-order valence-corrected chi connectivity index (χ0v) is 15.1. The Bertz CT molecular complexity index is 1010. The molecule has 3 N–H and O–H groups in total. The quantitative estimate of drug-likeness (QED) is 0.688. The van der Waals surface area contributed by atoms with Gasteiger partial charge in [-0.3, -0.25) is 14.7 Å². The van der Waals surface area contributed by atoms with Crippen molar-refractivity contribution in [3.05, 3.63) is 69.9 Å². The fourth-order valence-electron chi connectivity index (χ4n) is 3.37. The average molecular weight is 363 g/mol. The topological polar surface area (TPSA) is 97.1 Å². The highest BCUT2D eigenvalue weighted by Gasteiger charge is 2.22. The normalized spacial score (nSPS) is 14.0. The van der Waals surface area contributed by atoms with Gasteiger partial charge in [0.2, 0.25) is 0 Å². The van der Waals surface area contributed by atoms with Crippen molar-refractivity contribution in [1.82, 2.24) is 19.9 Å². The minimum absolute atomic E-state index is 0.0883. The van der Waals surface area contributed by atoms with E-state index in [0.29, 0.717) is 24.6 Å². The highest BCUT2D eigenvalue weighted by Crippen LogP contribution is 2.23. The molecule has 1 aromatic carbocycles. The van der Waals surface area contributed by atoms with Gasteiger partial charge in [-0.25, -0.2) is 4.98 Å². The summed E-state index contributed by atoms with van der Waals surface area (Å²) in [5.74, 6) is 1.39. The number of aromatic amines is 1. The Labute approximate surface area is 156 Å². The Morgan fingerprint density at radius 3 is 2.85 bits per heavy atom. The SMILES string of the molecule is COc1ccncc1CN1CCc2nc(-c3ccc(N)cc3)[nH]c(=O)c2C1. The van der Waals surface area contributed by atoms with E-state index >= 15 is 0 Å². The van der Waals surface area contributed by atoms with Crippen LogP contribution in [0.15, 0.2) is 47.5 Å². The third-order valence-corrected chi connectivity index (χ3v) is 4.80. The summed E-state index contributed by atoms with van der Waals surface area (Å²) in [6.45, 7) is 2.05. The van der Waals surface area contributed by atoms with E-state index in [9.17, 15) is 4.79 Å². The summed E-state index contributed by atoms with van der Waals surface area (Å²) in [7, 11) is 1.65. The van der Waals surface area contributed by atoms with Crippen molar-refractivity contribution in [2.75, 3.05) is 19.4 Å². The summed E-state index contributed by atoms with van der Waals surface area (Å²) in [6, 6.07) is 9.18. The molecule has 0 radical (unpaired) electrons. The van der Waals surface area contributed by atoms with Crippen LogP contribution in [0.2, 0.25) is 0 Å². The molecule has 138 valence electrons. The zero-order chi connectivity index (χ0) is 18.8. The summed E-state index contributed by atoms with van der Waals surface area (Å²) >= 11 is 0. The molecule has 0 fully saturated rings. The lowest BCUT2D eigenvalue weighted by atomic mass is 10.1. The van der Waals surface area contributed by atoms with E-state index in [-0.39, 0.29) is 5.56 Å². The number of anilines is 1. The molecule has 0 spiro atoms. The number of nitrogens with zero attached hydrogens (tertiary/aromatic N) is 3. The summed E-state index contributed by atoms with van der Waals surface area (Å²) in [4.78, 5) is 26.6. The predicted molar refractivity (Wildman–Crippen MR) is 103 cm³/mol. The van der Waals surface area contributed by atoms with Crippen molar-refractivity contribution in [1.29, 1.82) is 0 Å². The lowest BCUT2D eigenvalue weighted by Crippen LogP contribution is -2.35. The van der Waals surface area contributed by atoms with Gasteiger partial charge in [-0.2, -0.15) is 0 Å². The molecule has 3 heterocycles. The molecule has 0 saturated heterocycles. The number of methoxy groups -OCH3 is 1. The van der Waals surface area contributed by atoms with Gasteiger partial charge in [0, 0.05) is 55.3 Å². The van der Waals surface area contributed by atoms with Crippen molar-refractivity contribution < 1.29 is 4.74 Å². The number of hydrogen-bond donors (Lipinski definition) is 2. The molecule has 0 aliphatic carbocycles. The zero-order valence-electron chi connectivity index (χ0n) is 15.1. The standard InChI is InChI=1S/C20H21N5O2/c1-27-18-6-8-22-10-14(18)11-25-9-7-17-16(12-25)20(26)24-19(23-17)13-2-4-15(21)5-3-13/h2-6,8,10H,7,9,11-12,21H2,1H3,(H,23,24,26). The van der Waals surface area contributed by atoms with Crippen molar-refractivity contribution in [3.8, 4) is 17.1 Å². The number of benzene rings is 1. The summed E-state index contributed by atoms with van der Waals surface area (Å²) < 4.78 is 5.40. The van der Waals surface area contributed by atoms with Crippen molar-refractivity contribution in [3.63, 3.8) is 0 Å². The molecule has 0 bridgehead atoms. The van der Waals surface area contributed by atoms with Crippen LogP contribution in [0.3, 0.4) is 0 Å². The Morgan fingerprint density at radius 1 is 1.26 bits per heavy atom. The van der Waals surface area contributed by atoms with Gasteiger partial charge in [0.1, 0.15) is 11.6 Å². The molecule has 7 heteroatoms. The molecular formula is C20H21N5O2. The van der Waals surface area contributed by atoms with Crippen LogP contribution in [0, 0.1) is 0 Å². The number of nitrogen functional groups attached to an aromatic ring is 1. The van der Waals surface area contributed by atoms with Crippen LogP contribution in [-0.4, -0.2) is 33.5 Å². The Morgan fingerprint density at radius 2 is 2.07 bits per heavy atom. The van der Waals surface area contributed by atoms with Crippen LogP contribution < -0.4 is 16.0 Å². The molecule has 4 rings (SSSR count). The van der Waals surface area contributed by atoms with Gasteiger partial charge in [-0.15, -0.1) is 0 Å². The molecule has 1 aliphatic heterocycles. The summed E-state index contributed by atoms with van der Waals surface area (Å²) in [5.41, 5.74) is 9.77. The van der Waals surface area contributed by atoms with Crippen LogP contribution in [0.5, 0.6) is 5.75 Å². The number of aromatic nitrogens is 3. The highest BCUT2D eigenvalue weighted by atomic mass is 16.5. The maximum absolute atomic E-state index is 12.7. The van der Waals surface area contributed by atoms with Crippen molar-refractivity contribution in [2.45, 2.75) is 19.5 Å². The number of rotatable bonds is 4. The Balaban J connectivity index is 1.58. The second kappa shape index (κ2) is 7.20. The first kappa shape index (κ1) is 17.2. The number of nitrogens with one attached hydrogen (secondary N) is 1. The molecular weight excluding hydrogens is 342 g/mol. The van der Waals surface area contributed by atoms with E-state index in [1.807, 2.05) is 18.2 Å². The number of pyridine rings is 1. The number of ether oxygens (including phenoxy) is 1. The molecule has 7 nitrogen and oxygen atoms in total. The third-order valence-electron chi connectivity index (χ3n) is 4.80. The maximum Gasteiger partial charge on any atom is 0.255 e. The van der Waals surface area contributed by atoms with E-state index in [4.69, 9.17) is 10.5 Å². The van der Waals surface area contributed by atoms with Gasteiger partial charge in [0.25, 0.3) is 5.56 Å². The molecule has 3 aromatic rings. The van der Waals surface area contributed by atoms with E-state index < -0.39 is 0 Å². The smallest absolute Gasteiger partial charge is 0.255 e. The number of fused-ring (bicyclic) bond motifs is 1. The van der Waals surface area contributed by atoms with E-state index in [1.54, 1.807) is 31.6 Å². The fourth-order valence-corrected chi connectivity index (χ4v) is 3.37. The number of H-pyrrole nitrogens is 1. The van der Waals surface area contributed by atoms with Crippen molar-refractivity contribution >= 4 is 5.69 Å². The molecule has 0 amide bonds. The molecule has 1 aliphatic rings. The lowest BCUT2D eigenvalue weighted by Gasteiger charge is -2.28. The van der Waals surface area contributed by atoms with Gasteiger partial charge in [0.05, 0.1) is 18.4 Å². The molecule has 0 unspecified atom stereocenters. The van der Waals surface area contributed by atoms with Gasteiger partial charge < -0.3 is 15.5 Å². The number of hydrogen-bond acceptors (Lipinski definition) is 6. The Hall–Kier alpha value is -3.19. The van der Waals surface area contributed by atoms with Crippen LogP contribution >= 0.6 is 0 Å². The first-order valence-electron chi connectivity index (χ1n) is 8.81. The number of nitrogens with two attached hydrogens (primary N) is 1. The van der Waals surface area contributed by atoms with E-state index in [0.717, 1.165) is 41.1 Å². The Kier molecular flexibility index (Phi) is 4.60. The van der Waals surface area contributed by atoms with Crippen LogP contribution in [0.1, 0.15) is 16.8 Å². The first-order valence-corrected chi connectivity index (χ1v) is 8.81. The van der Waals surface area contributed by atoms with Crippen LogP contribution in [0.4, 0.5) is 5.69 Å².